The van der Waals surface area contributed by atoms with Crippen LogP contribution in [-0.4, -0.2) is 31.3 Å². The molecule has 1 N–H and O–H groups in total. The van der Waals surface area contributed by atoms with E-state index in [0.717, 1.165) is 29.1 Å². The lowest BCUT2D eigenvalue weighted by molar-refractivity contribution is -0.115. The number of carbonyl (C=O) groups excluding carboxylic acids is 1. The molecule has 0 saturated heterocycles. The number of ether oxygens (including phenoxy) is 1. The number of amides is 1. The average molecular weight is 377 g/mol. The van der Waals surface area contributed by atoms with Crippen LogP contribution in [0.25, 0.3) is 11.3 Å². The van der Waals surface area contributed by atoms with Gasteiger partial charge in [0.1, 0.15) is 11.9 Å². The van der Waals surface area contributed by atoms with Crippen LogP contribution >= 0.6 is 0 Å². The van der Waals surface area contributed by atoms with Gasteiger partial charge in [-0.15, -0.1) is 0 Å². The summed E-state index contributed by atoms with van der Waals surface area (Å²) in [7, 11) is 3.95. The van der Waals surface area contributed by atoms with Gasteiger partial charge in [-0.2, -0.15) is 0 Å². The van der Waals surface area contributed by atoms with Gasteiger partial charge in [0.25, 0.3) is 0 Å². The summed E-state index contributed by atoms with van der Waals surface area (Å²) in [6.07, 6.45) is 1.24. The van der Waals surface area contributed by atoms with Gasteiger partial charge in [-0.3, -0.25) is 4.79 Å². The standard InChI is InChI=1S/C22H23N3O3/c1-14-10-16-11-15(4-9-20(16)27-14)21-12-18(24-28-21)13-22(26)23-17-5-7-19(8-6-17)25(2)3/h4-9,11-12,14H,10,13H2,1-3H3,(H,23,26). The van der Waals surface area contributed by atoms with Crippen molar-refractivity contribution in [2.24, 2.45) is 0 Å². The molecule has 3 aromatic rings. The SMILES string of the molecule is CC1Cc2cc(-c3cc(CC(=O)Nc4ccc(N(C)C)cc4)no3)ccc2O1. The van der Waals surface area contributed by atoms with Crippen LogP contribution in [0.3, 0.4) is 0 Å². The third kappa shape index (κ3) is 3.86. The highest BCUT2D eigenvalue weighted by Gasteiger charge is 2.20. The molecule has 2 aromatic carbocycles. The van der Waals surface area contributed by atoms with Crippen molar-refractivity contribution in [3.63, 3.8) is 0 Å². The predicted octanol–water partition coefficient (Wildman–Crippen LogP) is 3.91. The van der Waals surface area contributed by atoms with Crippen LogP contribution in [0, 0.1) is 0 Å². The molecule has 0 saturated carbocycles. The number of carbonyl (C=O) groups is 1. The van der Waals surface area contributed by atoms with Crippen LogP contribution in [0.5, 0.6) is 5.75 Å². The van der Waals surface area contributed by atoms with Crippen LogP contribution < -0.4 is 15.0 Å². The number of aromatic nitrogens is 1. The molecule has 0 bridgehead atoms. The zero-order valence-corrected chi connectivity index (χ0v) is 16.2. The molecule has 144 valence electrons. The van der Waals surface area contributed by atoms with E-state index in [1.165, 1.54) is 5.56 Å². The topological polar surface area (TPSA) is 67.6 Å². The van der Waals surface area contributed by atoms with Gasteiger partial charge < -0.3 is 19.5 Å². The van der Waals surface area contributed by atoms with E-state index in [4.69, 9.17) is 9.26 Å². The van der Waals surface area contributed by atoms with Crippen molar-refractivity contribution in [3.05, 3.63) is 59.8 Å². The van der Waals surface area contributed by atoms with Crippen molar-refractivity contribution in [1.29, 1.82) is 0 Å². The maximum absolute atomic E-state index is 12.3. The summed E-state index contributed by atoms with van der Waals surface area (Å²) in [4.78, 5) is 14.3. The quantitative estimate of drug-likeness (QED) is 0.730. The summed E-state index contributed by atoms with van der Waals surface area (Å²) in [6, 6.07) is 15.5. The van der Waals surface area contributed by atoms with Gasteiger partial charge >= 0.3 is 0 Å². The fraction of sp³-hybridized carbons (Fsp3) is 0.273. The summed E-state index contributed by atoms with van der Waals surface area (Å²) in [6.45, 7) is 2.05. The lowest BCUT2D eigenvalue weighted by Gasteiger charge is -2.12. The second-order valence-corrected chi connectivity index (χ2v) is 7.30. The summed E-state index contributed by atoms with van der Waals surface area (Å²) in [5.41, 5.74) is 4.54. The van der Waals surface area contributed by atoms with Gasteiger partial charge in [0.05, 0.1) is 12.1 Å². The van der Waals surface area contributed by atoms with E-state index in [9.17, 15) is 4.79 Å². The maximum Gasteiger partial charge on any atom is 0.230 e. The van der Waals surface area contributed by atoms with Gasteiger partial charge in [-0.1, -0.05) is 5.16 Å². The molecule has 1 aromatic heterocycles. The number of hydrogen-bond donors (Lipinski definition) is 1. The van der Waals surface area contributed by atoms with Crippen LogP contribution in [0.4, 0.5) is 11.4 Å². The molecule has 6 nitrogen and oxygen atoms in total. The van der Waals surface area contributed by atoms with Gasteiger partial charge in [0.15, 0.2) is 5.76 Å². The minimum absolute atomic E-state index is 0.131. The number of rotatable bonds is 5. The van der Waals surface area contributed by atoms with Crippen LogP contribution in [-0.2, 0) is 17.6 Å². The number of hydrogen-bond acceptors (Lipinski definition) is 5. The average Bonchev–Trinajstić information content (AvgIpc) is 3.26. The van der Waals surface area contributed by atoms with E-state index < -0.39 is 0 Å². The monoisotopic (exact) mass is 377 g/mol. The second kappa shape index (κ2) is 7.38. The summed E-state index contributed by atoms with van der Waals surface area (Å²) in [5, 5.41) is 6.93. The third-order valence-corrected chi connectivity index (χ3v) is 4.75. The predicted molar refractivity (Wildman–Crippen MR) is 109 cm³/mol. The van der Waals surface area contributed by atoms with E-state index in [1.807, 2.05) is 61.5 Å². The minimum Gasteiger partial charge on any atom is -0.490 e. The molecule has 2 heterocycles. The molecule has 1 atom stereocenters. The number of benzene rings is 2. The molecular formula is C22H23N3O3. The zero-order chi connectivity index (χ0) is 19.7. The third-order valence-electron chi connectivity index (χ3n) is 4.75. The normalized spacial score (nSPS) is 15.0. The minimum atomic E-state index is -0.131. The zero-order valence-electron chi connectivity index (χ0n) is 16.2. The molecule has 0 aliphatic carbocycles. The Balaban J connectivity index is 1.41. The van der Waals surface area contributed by atoms with Crippen molar-refractivity contribution in [2.75, 3.05) is 24.3 Å². The first kappa shape index (κ1) is 18.1. The Bertz CT molecular complexity index is 993. The molecule has 1 unspecified atom stereocenters. The number of nitrogens with zero attached hydrogens (tertiary/aromatic N) is 2. The molecule has 0 radical (unpaired) electrons. The van der Waals surface area contributed by atoms with Crippen molar-refractivity contribution in [2.45, 2.75) is 25.9 Å². The fourth-order valence-corrected chi connectivity index (χ4v) is 3.32. The van der Waals surface area contributed by atoms with Gasteiger partial charge in [0.2, 0.25) is 5.91 Å². The summed E-state index contributed by atoms with van der Waals surface area (Å²) < 4.78 is 11.2. The van der Waals surface area contributed by atoms with Crippen molar-refractivity contribution in [1.82, 2.24) is 5.16 Å². The lowest BCUT2D eigenvalue weighted by Crippen LogP contribution is -2.15. The second-order valence-electron chi connectivity index (χ2n) is 7.30. The summed E-state index contributed by atoms with van der Waals surface area (Å²) >= 11 is 0. The Morgan fingerprint density at radius 1 is 1.18 bits per heavy atom. The highest BCUT2D eigenvalue weighted by molar-refractivity contribution is 5.92. The lowest BCUT2D eigenvalue weighted by atomic mass is 10.1. The van der Waals surface area contributed by atoms with E-state index in [-0.39, 0.29) is 18.4 Å². The Morgan fingerprint density at radius 2 is 1.96 bits per heavy atom. The first-order valence-corrected chi connectivity index (χ1v) is 9.31. The Kier molecular flexibility index (Phi) is 4.77. The molecule has 1 aliphatic rings. The van der Waals surface area contributed by atoms with E-state index in [2.05, 4.69) is 23.5 Å². The molecule has 6 heteroatoms. The smallest absolute Gasteiger partial charge is 0.230 e. The van der Waals surface area contributed by atoms with Gasteiger partial charge in [0, 0.05) is 43.5 Å². The van der Waals surface area contributed by atoms with Crippen molar-refractivity contribution < 1.29 is 14.1 Å². The maximum atomic E-state index is 12.3. The largest absolute Gasteiger partial charge is 0.490 e. The van der Waals surface area contributed by atoms with Gasteiger partial charge in [-0.25, -0.2) is 0 Å². The highest BCUT2D eigenvalue weighted by Crippen LogP contribution is 2.33. The molecule has 1 amide bonds. The summed E-state index contributed by atoms with van der Waals surface area (Å²) in [5.74, 6) is 1.45. The van der Waals surface area contributed by atoms with Crippen LogP contribution in [0.15, 0.2) is 53.1 Å². The highest BCUT2D eigenvalue weighted by atomic mass is 16.5. The first-order valence-electron chi connectivity index (χ1n) is 9.31. The Hall–Kier alpha value is -3.28. The van der Waals surface area contributed by atoms with Crippen molar-refractivity contribution in [3.8, 4) is 17.1 Å². The van der Waals surface area contributed by atoms with E-state index in [0.29, 0.717) is 11.5 Å². The van der Waals surface area contributed by atoms with E-state index >= 15 is 0 Å². The molecular weight excluding hydrogens is 354 g/mol. The molecule has 0 fully saturated rings. The Morgan fingerprint density at radius 3 is 2.71 bits per heavy atom. The fourth-order valence-electron chi connectivity index (χ4n) is 3.32. The molecule has 28 heavy (non-hydrogen) atoms. The molecule has 1 aliphatic heterocycles. The number of anilines is 2. The Labute approximate surface area is 164 Å². The van der Waals surface area contributed by atoms with Crippen LogP contribution in [0.1, 0.15) is 18.2 Å². The van der Waals surface area contributed by atoms with Gasteiger partial charge in [-0.05, 0) is 55.0 Å². The molecule has 0 spiro atoms. The van der Waals surface area contributed by atoms with Crippen molar-refractivity contribution >= 4 is 17.3 Å². The van der Waals surface area contributed by atoms with E-state index in [1.54, 1.807) is 0 Å². The first-order chi connectivity index (χ1) is 13.5. The molecule has 4 rings (SSSR count). The number of nitrogens with one attached hydrogen (secondary N) is 1. The number of fused-ring (bicyclic) bond motifs is 1. The van der Waals surface area contributed by atoms with Crippen LogP contribution in [0.2, 0.25) is 0 Å².